The molecule has 0 saturated heterocycles. The summed E-state index contributed by atoms with van der Waals surface area (Å²) >= 11 is 11.8. The Labute approximate surface area is 178 Å². The number of carbonyl (C=O) groups is 2. The number of halogens is 2. The summed E-state index contributed by atoms with van der Waals surface area (Å²) in [5.41, 5.74) is 1.32. The molecule has 0 bridgehead atoms. The molecule has 29 heavy (non-hydrogen) atoms. The number of hydrogen-bond acceptors (Lipinski definition) is 3. The van der Waals surface area contributed by atoms with Crippen molar-refractivity contribution >= 4 is 41.1 Å². The minimum Gasteiger partial charge on any atom is -0.457 e. The van der Waals surface area contributed by atoms with Crippen LogP contribution in [0, 0.1) is 0 Å². The standard InChI is InChI=1S/C22H18Cl2N2O3/c1-26(2)22(28)19(25-21(27)15-5-9-17(24)10-6-15)13-18-11-12-20(29-18)14-3-7-16(23)8-4-14/h3-13H,1-2H3,(H,25,27). The fraction of sp³-hybridized carbons (Fsp3) is 0.0909. The van der Waals surface area contributed by atoms with E-state index in [-0.39, 0.29) is 11.6 Å². The van der Waals surface area contributed by atoms with Gasteiger partial charge in [-0.05, 0) is 60.7 Å². The molecule has 7 heteroatoms. The first-order valence-corrected chi connectivity index (χ1v) is 9.45. The van der Waals surface area contributed by atoms with E-state index in [1.54, 1.807) is 62.6 Å². The van der Waals surface area contributed by atoms with Gasteiger partial charge in [-0.3, -0.25) is 9.59 Å². The lowest BCUT2D eigenvalue weighted by Crippen LogP contribution is -2.34. The lowest BCUT2D eigenvalue weighted by molar-refractivity contribution is -0.124. The second kappa shape index (κ2) is 8.99. The van der Waals surface area contributed by atoms with Gasteiger partial charge in [-0.2, -0.15) is 0 Å². The van der Waals surface area contributed by atoms with E-state index in [9.17, 15) is 9.59 Å². The highest BCUT2D eigenvalue weighted by Gasteiger charge is 2.17. The number of hydrogen-bond donors (Lipinski definition) is 1. The van der Waals surface area contributed by atoms with Crippen molar-refractivity contribution in [2.45, 2.75) is 0 Å². The fourth-order valence-corrected chi connectivity index (χ4v) is 2.78. The normalized spacial score (nSPS) is 11.2. The molecule has 1 heterocycles. The number of likely N-dealkylation sites (N-methyl/N-ethyl adjacent to an activating group) is 1. The molecule has 3 rings (SSSR count). The summed E-state index contributed by atoms with van der Waals surface area (Å²) in [6, 6.07) is 17.1. The van der Waals surface area contributed by atoms with E-state index in [2.05, 4.69) is 5.32 Å². The average molecular weight is 429 g/mol. The highest BCUT2D eigenvalue weighted by atomic mass is 35.5. The summed E-state index contributed by atoms with van der Waals surface area (Å²) in [4.78, 5) is 26.5. The highest BCUT2D eigenvalue weighted by Crippen LogP contribution is 2.25. The van der Waals surface area contributed by atoms with E-state index >= 15 is 0 Å². The van der Waals surface area contributed by atoms with Gasteiger partial charge < -0.3 is 14.6 Å². The Kier molecular flexibility index (Phi) is 6.42. The summed E-state index contributed by atoms with van der Waals surface area (Å²) < 4.78 is 5.81. The molecule has 0 aliphatic heterocycles. The van der Waals surface area contributed by atoms with Crippen molar-refractivity contribution < 1.29 is 14.0 Å². The third-order valence-electron chi connectivity index (χ3n) is 4.03. The van der Waals surface area contributed by atoms with Gasteiger partial charge in [0.2, 0.25) is 0 Å². The summed E-state index contributed by atoms with van der Waals surface area (Å²) in [5.74, 6) is 0.259. The Morgan fingerprint density at radius 3 is 2.07 bits per heavy atom. The van der Waals surface area contributed by atoms with E-state index in [4.69, 9.17) is 27.6 Å². The Balaban J connectivity index is 1.87. The number of rotatable bonds is 5. The van der Waals surface area contributed by atoms with Crippen LogP contribution in [0.5, 0.6) is 0 Å². The molecule has 0 radical (unpaired) electrons. The maximum absolute atomic E-state index is 12.5. The van der Waals surface area contributed by atoms with E-state index < -0.39 is 5.91 Å². The minimum absolute atomic E-state index is 0.0898. The first-order chi connectivity index (χ1) is 13.8. The topological polar surface area (TPSA) is 62.6 Å². The van der Waals surface area contributed by atoms with Gasteiger partial charge in [0.25, 0.3) is 11.8 Å². The molecule has 0 unspecified atom stereocenters. The van der Waals surface area contributed by atoms with Crippen molar-refractivity contribution in [3.8, 4) is 11.3 Å². The second-order valence-electron chi connectivity index (χ2n) is 6.43. The van der Waals surface area contributed by atoms with E-state index in [1.165, 1.54) is 11.0 Å². The van der Waals surface area contributed by atoms with Crippen molar-refractivity contribution in [2.24, 2.45) is 0 Å². The van der Waals surface area contributed by atoms with Gasteiger partial charge in [0, 0.05) is 41.3 Å². The molecule has 2 aromatic carbocycles. The van der Waals surface area contributed by atoms with Gasteiger partial charge in [0.15, 0.2) is 0 Å². The zero-order valence-corrected chi connectivity index (χ0v) is 17.3. The van der Waals surface area contributed by atoms with Crippen molar-refractivity contribution in [1.82, 2.24) is 10.2 Å². The van der Waals surface area contributed by atoms with Crippen LogP contribution in [0.25, 0.3) is 17.4 Å². The first kappa shape index (κ1) is 20.7. The number of nitrogens with zero attached hydrogens (tertiary/aromatic N) is 1. The highest BCUT2D eigenvalue weighted by molar-refractivity contribution is 6.31. The monoisotopic (exact) mass is 428 g/mol. The Morgan fingerprint density at radius 1 is 0.897 bits per heavy atom. The maximum atomic E-state index is 12.5. The molecular formula is C22H18Cl2N2O3. The lowest BCUT2D eigenvalue weighted by Gasteiger charge is -2.14. The molecule has 0 aliphatic carbocycles. The van der Waals surface area contributed by atoms with Crippen LogP contribution >= 0.6 is 23.2 Å². The predicted octanol–water partition coefficient (Wildman–Crippen LogP) is 5.11. The van der Waals surface area contributed by atoms with Crippen LogP contribution in [0.2, 0.25) is 10.0 Å². The Hall–Kier alpha value is -3.02. The molecule has 0 atom stereocenters. The summed E-state index contributed by atoms with van der Waals surface area (Å²) in [7, 11) is 3.21. The molecular weight excluding hydrogens is 411 g/mol. The van der Waals surface area contributed by atoms with Gasteiger partial charge in [-0.25, -0.2) is 0 Å². The predicted molar refractivity (Wildman–Crippen MR) is 115 cm³/mol. The van der Waals surface area contributed by atoms with Crippen molar-refractivity contribution in [3.05, 3.63) is 87.7 Å². The molecule has 0 saturated carbocycles. The van der Waals surface area contributed by atoms with Crippen molar-refractivity contribution in [2.75, 3.05) is 14.1 Å². The number of amides is 2. The van der Waals surface area contributed by atoms with Crippen LogP contribution in [0.1, 0.15) is 16.1 Å². The van der Waals surface area contributed by atoms with Crippen LogP contribution in [0.15, 0.2) is 70.8 Å². The molecule has 148 valence electrons. The third-order valence-corrected chi connectivity index (χ3v) is 4.54. The SMILES string of the molecule is CN(C)C(=O)C(=Cc1ccc(-c2ccc(Cl)cc2)o1)NC(=O)c1ccc(Cl)cc1. The van der Waals surface area contributed by atoms with Crippen molar-refractivity contribution in [1.29, 1.82) is 0 Å². The van der Waals surface area contributed by atoms with Crippen LogP contribution < -0.4 is 5.32 Å². The van der Waals surface area contributed by atoms with Gasteiger partial charge >= 0.3 is 0 Å². The van der Waals surface area contributed by atoms with Gasteiger partial charge in [0.05, 0.1) is 0 Å². The number of benzene rings is 2. The number of nitrogens with one attached hydrogen (secondary N) is 1. The van der Waals surface area contributed by atoms with Crippen LogP contribution in [0.3, 0.4) is 0 Å². The fourth-order valence-electron chi connectivity index (χ4n) is 2.53. The number of carbonyl (C=O) groups excluding carboxylic acids is 2. The van der Waals surface area contributed by atoms with Gasteiger partial charge in [0.1, 0.15) is 17.2 Å². The zero-order chi connectivity index (χ0) is 21.0. The molecule has 5 nitrogen and oxygen atoms in total. The van der Waals surface area contributed by atoms with Gasteiger partial charge in [-0.15, -0.1) is 0 Å². The Bertz CT molecular complexity index is 1050. The molecule has 0 spiro atoms. The Morgan fingerprint density at radius 2 is 1.48 bits per heavy atom. The molecule has 1 aromatic heterocycles. The second-order valence-corrected chi connectivity index (χ2v) is 7.30. The average Bonchev–Trinajstić information content (AvgIpc) is 3.16. The molecule has 0 fully saturated rings. The smallest absolute Gasteiger partial charge is 0.269 e. The zero-order valence-electron chi connectivity index (χ0n) is 15.8. The first-order valence-electron chi connectivity index (χ1n) is 8.69. The molecule has 0 aliphatic rings. The third kappa shape index (κ3) is 5.28. The van der Waals surface area contributed by atoms with Gasteiger partial charge in [-0.1, -0.05) is 23.2 Å². The quantitative estimate of drug-likeness (QED) is 0.574. The molecule has 1 N–H and O–H groups in total. The van der Waals surface area contributed by atoms with Crippen LogP contribution in [-0.4, -0.2) is 30.8 Å². The largest absolute Gasteiger partial charge is 0.457 e. The summed E-state index contributed by atoms with van der Waals surface area (Å²) in [6.45, 7) is 0. The van der Waals surface area contributed by atoms with Crippen LogP contribution in [-0.2, 0) is 4.79 Å². The minimum atomic E-state index is -0.424. The molecule has 3 aromatic rings. The molecule has 2 amide bonds. The maximum Gasteiger partial charge on any atom is 0.269 e. The summed E-state index contributed by atoms with van der Waals surface area (Å²) in [6.07, 6.45) is 1.50. The van der Waals surface area contributed by atoms with E-state index in [1.807, 2.05) is 12.1 Å². The van der Waals surface area contributed by atoms with E-state index in [0.29, 0.717) is 27.1 Å². The van der Waals surface area contributed by atoms with Crippen LogP contribution in [0.4, 0.5) is 0 Å². The number of furan rings is 1. The lowest BCUT2D eigenvalue weighted by atomic mass is 10.2. The summed E-state index contributed by atoms with van der Waals surface area (Å²) in [5, 5.41) is 3.80. The van der Waals surface area contributed by atoms with E-state index in [0.717, 1.165) is 5.56 Å². The van der Waals surface area contributed by atoms with Crippen molar-refractivity contribution in [3.63, 3.8) is 0 Å².